The molecule has 0 amide bonds. The van der Waals surface area contributed by atoms with E-state index >= 15 is 0 Å². The molecule has 0 fully saturated rings. The highest BCUT2D eigenvalue weighted by atomic mass is 16.4. The first kappa shape index (κ1) is 17.7. The van der Waals surface area contributed by atoms with Crippen LogP contribution in [0.1, 0.15) is 25.8 Å². The number of rotatable bonds is 2. The Labute approximate surface area is 118 Å². The highest BCUT2D eigenvalue weighted by Gasteiger charge is 2.12. The molecule has 5 nitrogen and oxygen atoms in total. The Morgan fingerprint density at radius 2 is 1.65 bits per heavy atom. The molecule has 0 aliphatic rings. The highest BCUT2D eigenvalue weighted by molar-refractivity contribution is 6.27. The molecule has 0 radical (unpaired) electrons. The van der Waals surface area contributed by atoms with Crippen molar-refractivity contribution >= 4 is 11.9 Å². The van der Waals surface area contributed by atoms with E-state index < -0.39 is 11.9 Å². The third-order valence-corrected chi connectivity index (χ3v) is 2.31. The SMILES string of the molecule is CC(C)(CN)CC#Cc1ccccc1.O=C(O)C(=O)O. The van der Waals surface area contributed by atoms with Gasteiger partial charge in [0, 0.05) is 12.0 Å². The quantitative estimate of drug-likeness (QED) is 0.562. The van der Waals surface area contributed by atoms with Crippen molar-refractivity contribution in [2.24, 2.45) is 11.1 Å². The lowest BCUT2D eigenvalue weighted by Gasteiger charge is -2.17. The van der Waals surface area contributed by atoms with Gasteiger partial charge in [-0.2, -0.15) is 0 Å². The summed E-state index contributed by atoms with van der Waals surface area (Å²) in [5.41, 5.74) is 6.81. The van der Waals surface area contributed by atoms with E-state index in [1.807, 2.05) is 30.3 Å². The van der Waals surface area contributed by atoms with E-state index in [2.05, 4.69) is 25.7 Å². The van der Waals surface area contributed by atoms with E-state index in [-0.39, 0.29) is 5.41 Å². The predicted molar refractivity (Wildman–Crippen MR) is 76.0 cm³/mol. The van der Waals surface area contributed by atoms with Gasteiger partial charge in [-0.3, -0.25) is 0 Å². The van der Waals surface area contributed by atoms with Gasteiger partial charge in [0.1, 0.15) is 0 Å². The van der Waals surface area contributed by atoms with Gasteiger partial charge >= 0.3 is 11.9 Å². The summed E-state index contributed by atoms with van der Waals surface area (Å²) < 4.78 is 0. The fraction of sp³-hybridized carbons (Fsp3) is 0.333. The summed E-state index contributed by atoms with van der Waals surface area (Å²) in [6, 6.07) is 10.0. The van der Waals surface area contributed by atoms with Gasteiger partial charge in [-0.15, -0.1) is 0 Å². The minimum absolute atomic E-state index is 0.127. The maximum Gasteiger partial charge on any atom is 0.414 e. The molecule has 1 aromatic rings. The first-order chi connectivity index (χ1) is 9.28. The average Bonchev–Trinajstić information content (AvgIpc) is 2.40. The van der Waals surface area contributed by atoms with Crippen molar-refractivity contribution < 1.29 is 19.8 Å². The molecule has 0 heterocycles. The average molecular weight is 277 g/mol. The highest BCUT2D eigenvalue weighted by Crippen LogP contribution is 2.16. The molecule has 20 heavy (non-hydrogen) atoms. The molecule has 0 atom stereocenters. The van der Waals surface area contributed by atoms with Gasteiger partial charge in [0.25, 0.3) is 0 Å². The van der Waals surface area contributed by atoms with Crippen molar-refractivity contribution in [3.63, 3.8) is 0 Å². The molecular weight excluding hydrogens is 258 g/mol. The molecule has 0 aromatic heterocycles. The molecule has 0 unspecified atom stereocenters. The molecule has 1 aromatic carbocycles. The van der Waals surface area contributed by atoms with Gasteiger partial charge in [0.2, 0.25) is 0 Å². The van der Waals surface area contributed by atoms with Crippen LogP contribution < -0.4 is 5.73 Å². The standard InChI is InChI=1S/C13H17N.C2H2O4/c1-13(2,11-14)10-6-9-12-7-4-3-5-8-12;3-1(4)2(5)6/h3-5,7-8H,10-11,14H2,1-2H3;(H,3,4)(H,5,6). The summed E-state index contributed by atoms with van der Waals surface area (Å²) in [4.78, 5) is 18.2. The maximum absolute atomic E-state index is 9.10. The van der Waals surface area contributed by atoms with E-state index in [1.54, 1.807) is 0 Å². The lowest BCUT2D eigenvalue weighted by molar-refractivity contribution is -0.159. The van der Waals surface area contributed by atoms with Crippen molar-refractivity contribution in [1.29, 1.82) is 0 Å². The smallest absolute Gasteiger partial charge is 0.414 e. The third kappa shape index (κ3) is 8.72. The monoisotopic (exact) mass is 277 g/mol. The van der Waals surface area contributed by atoms with Gasteiger partial charge in [0.15, 0.2) is 0 Å². The van der Waals surface area contributed by atoms with E-state index in [0.717, 1.165) is 12.0 Å². The van der Waals surface area contributed by atoms with Crippen LogP contribution in [0, 0.1) is 17.3 Å². The van der Waals surface area contributed by atoms with Gasteiger partial charge in [-0.05, 0) is 24.1 Å². The van der Waals surface area contributed by atoms with Gasteiger partial charge in [0.05, 0.1) is 0 Å². The first-order valence-corrected chi connectivity index (χ1v) is 5.99. The third-order valence-electron chi connectivity index (χ3n) is 2.31. The predicted octanol–water partition coefficient (Wildman–Crippen LogP) is 1.57. The van der Waals surface area contributed by atoms with Crippen molar-refractivity contribution in [3.8, 4) is 11.8 Å². The van der Waals surface area contributed by atoms with Crippen molar-refractivity contribution in [3.05, 3.63) is 35.9 Å². The lowest BCUT2D eigenvalue weighted by Crippen LogP contribution is -2.22. The van der Waals surface area contributed by atoms with Crippen LogP contribution in [0.4, 0.5) is 0 Å². The van der Waals surface area contributed by atoms with Crippen molar-refractivity contribution in [2.75, 3.05) is 6.54 Å². The molecule has 0 bridgehead atoms. The van der Waals surface area contributed by atoms with E-state index in [0.29, 0.717) is 6.54 Å². The van der Waals surface area contributed by atoms with Crippen LogP contribution >= 0.6 is 0 Å². The summed E-state index contributed by atoms with van der Waals surface area (Å²) >= 11 is 0. The number of carbonyl (C=O) groups is 2. The minimum atomic E-state index is -1.82. The second-order valence-corrected chi connectivity index (χ2v) is 4.82. The number of aliphatic carboxylic acids is 2. The first-order valence-electron chi connectivity index (χ1n) is 5.99. The molecule has 0 saturated heterocycles. The molecule has 0 spiro atoms. The van der Waals surface area contributed by atoms with Gasteiger partial charge < -0.3 is 15.9 Å². The fourth-order valence-corrected chi connectivity index (χ4v) is 0.979. The Morgan fingerprint density at radius 1 is 1.15 bits per heavy atom. The van der Waals surface area contributed by atoms with E-state index in [4.69, 9.17) is 25.5 Å². The summed E-state index contributed by atoms with van der Waals surface area (Å²) in [6.45, 7) is 4.94. The van der Waals surface area contributed by atoms with E-state index in [9.17, 15) is 0 Å². The number of hydrogen-bond acceptors (Lipinski definition) is 3. The van der Waals surface area contributed by atoms with Gasteiger partial charge in [-0.25, -0.2) is 9.59 Å². The molecule has 5 heteroatoms. The second kappa shape index (κ2) is 8.73. The van der Waals surface area contributed by atoms with Crippen molar-refractivity contribution in [2.45, 2.75) is 20.3 Å². The normalized spacial score (nSPS) is 9.55. The molecule has 0 aliphatic heterocycles. The topological polar surface area (TPSA) is 101 Å². The Balaban J connectivity index is 0.000000511. The van der Waals surface area contributed by atoms with Crippen LogP contribution in [0.2, 0.25) is 0 Å². The molecule has 1 rings (SSSR count). The molecule has 4 N–H and O–H groups in total. The van der Waals surface area contributed by atoms with Crippen LogP contribution in [0.3, 0.4) is 0 Å². The molecular formula is C15H19NO4. The Bertz CT molecular complexity index is 486. The number of nitrogens with two attached hydrogens (primary N) is 1. The minimum Gasteiger partial charge on any atom is -0.473 e. The number of carboxylic acids is 2. The molecule has 0 aliphatic carbocycles. The van der Waals surface area contributed by atoms with Crippen LogP contribution in [-0.4, -0.2) is 28.7 Å². The maximum atomic E-state index is 9.10. The lowest BCUT2D eigenvalue weighted by atomic mass is 9.90. The number of carboxylic acid groups (broad SMARTS) is 2. The zero-order valence-electron chi connectivity index (χ0n) is 11.6. The number of hydrogen-bond donors (Lipinski definition) is 3. The summed E-state index contributed by atoms with van der Waals surface area (Å²) in [5, 5.41) is 14.8. The molecule has 0 saturated carbocycles. The van der Waals surface area contributed by atoms with Crippen molar-refractivity contribution in [1.82, 2.24) is 0 Å². The summed E-state index contributed by atoms with van der Waals surface area (Å²) in [7, 11) is 0. The summed E-state index contributed by atoms with van der Waals surface area (Å²) in [5.74, 6) is 2.64. The Hall–Kier alpha value is -2.32. The molecule has 108 valence electrons. The van der Waals surface area contributed by atoms with Crippen LogP contribution in [0.25, 0.3) is 0 Å². The zero-order valence-corrected chi connectivity index (χ0v) is 11.6. The van der Waals surface area contributed by atoms with Crippen LogP contribution in [0.15, 0.2) is 30.3 Å². The fourth-order valence-electron chi connectivity index (χ4n) is 0.979. The number of benzene rings is 1. The van der Waals surface area contributed by atoms with E-state index in [1.165, 1.54) is 0 Å². The Kier molecular flexibility index (Phi) is 7.71. The largest absolute Gasteiger partial charge is 0.473 e. The zero-order chi connectivity index (χ0) is 15.6. The summed E-state index contributed by atoms with van der Waals surface area (Å²) in [6.07, 6.45) is 0.846. The van der Waals surface area contributed by atoms with Crippen LogP contribution in [0.5, 0.6) is 0 Å². The van der Waals surface area contributed by atoms with Crippen LogP contribution in [-0.2, 0) is 9.59 Å². The van der Waals surface area contributed by atoms with Gasteiger partial charge in [-0.1, -0.05) is 43.9 Å². The Morgan fingerprint density at radius 3 is 2.05 bits per heavy atom. The second-order valence-electron chi connectivity index (χ2n) is 4.82.